The highest BCUT2D eigenvalue weighted by Gasteiger charge is 2.60. The lowest BCUT2D eigenvalue weighted by Crippen LogP contribution is -2.56. The molecular formula is C20H24F6N4O3. The van der Waals surface area contributed by atoms with Crippen LogP contribution in [0.2, 0.25) is 0 Å². The number of amides is 2. The molecular weight excluding hydrogens is 458 g/mol. The molecule has 13 heteroatoms. The van der Waals surface area contributed by atoms with Gasteiger partial charge >= 0.3 is 18.4 Å². The third-order valence-corrected chi connectivity index (χ3v) is 6.82. The van der Waals surface area contributed by atoms with E-state index in [1.165, 1.54) is 0 Å². The summed E-state index contributed by atoms with van der Waals surface area (Å²) < 4.78 is 81.9. The number of alkyl halides is 6. The Bertz CT molecular complexity index is 891. The summed E-state index contributed by atoms with van der Waals surface area (Å²) in [4.78, 5) is 28.0. The molecule has 3 aliphatic heterocycles. The van der Waals surface area contributed by atoms with Crippen LogP contribution in [0.4, 0.5) is 31.1 Å². The Morgan fingerprint density at radius 2 is 1.61 bits per heavy atom. The lowest BCUT2D eigenvalue weighted by molar-refractivity contribution is -0.308. The predicted octanol–water partition coefficient (Wildman–Crippen LogP) is 3.92. The highest BCUT2D eigenvalue weighted by atomic mass is 19.4. The molecule has 4 rings (SSSR count). The number of piperidine rings is 1. The number of aryl methyl sites for hydroxylation is 1. The lowest BCUT2D eigenvalue weighted by atomic mass is 9.84. The van der Waals surface area contributed by atoms with Gasteiger partial charge in [-0.3, -0.25) is 9.48 Å². The van der Waals surface area contributed by atoms with Crippen LogP contribution in [0, 0.1) is 0 Å². The Labute approximate surface area is 185 Å². The second kappa shape index (κ2) is 8.39. The van der Waals surface area contributed by atoms with Crippen molar-refractivity contribution in [1.29, 1.82) is 0 Å². The normalized spacial score (nSPS) is 20.9. The number of rotatable bonds is 2. The molecule has 0 unspecified atom stereocenters. The molecule has 7 nitrogen and oxygen atoms in total. The zero-order valence-corrected chi connectivity index (χ0v) is 17.7. The first kappa shape index (κ1) is 23.7. The molecule has 3 aliphatic rings. The van der Waals surface area contributed by atoms with Crippen molar-refractivity contribution in [2.75, 3.05) is 19.6 Å². The molecule has 1 aromatic rings. The number of ether oxygens (including phenoxy) is 1. The largest absolute Gasteiger partial charge is 0.434 e. The van der Waals surface area contributed by atoms with E-state index in [0.717, 1.165) is 42.8 Å². The molecule has 0 aliphatic carbocycles. The van der Waals surface area contributed by atoms with Crippen molar-refractivity contribution in [2.45, 2.75) is 75.5 Å². The van der Waals surface area contributed by atoms with E-state index in [2.05, 4.69) is 9.84 Å². The fraction of sp³-hybridized carbons (Fsp3) is 0.750. The zero-order chi connectivity index (χ0) is 24.0. The second-order valence-electron chi connectivity index (χ2n) is 8.80. The van der Waals surface area contributed by atoms with E-state index in [0.29, 0.717) is 18.5 Å². The molecule has 4 heterocycles. The number of halogens is 6. The molecule has 1 spiro atoms. The van der Waals surface area contributed by atoms with Crippen LogP contribution in [0.15, 0.2) is 6.20 Å². The summed E-state index contributed by atoms with van der Waals surface area (Å²) in [5.41, 5.74) is 0.834. The fourth-order valence-corrected chi connectivity index (χ4v) is 5.12. The van der Waals surface area contributed by atoms with Crippen LogP contribution in [-0.4, -0.2) is 75.2 Å². The molecule has 2 amide bonds. The molecule has 0 N–H and O–H groups in total. The van der Waals surface area contributed by atoms with Crippen LogP contribution in [0.3, 0.4) is 0 Å². The first-order chi connectivity index (χ1) is 15.4. The first-order valence-corrected chi connectivity index (χ1v) is 10.9. The molecule has 0 saturated carbocycles. The van der Waals surface area contributed by atoms with Crippen molar-refractivity contribution < 1.29 is 40.7 Å². The summed E-state index contributed by atoms with van der Waals surface area (Å²) in [6, 6.07) is 0. The number of hydrogen-bond acceptors (Lipinski definition) is 4. The lowest BCUT2D eigenvalue weighted by Gasteiger charge is -2.44. The van der Waals surface area contributed by atoms with Gasteiger partial charge < -0.3 is 14.5 Å². The molecule has 0 bridgehead atoms. The fourth-order valence-electron chi connectivity index (χ4n) is 5.12. The minimum atomic E-state index is -5.76. The summed E-state index contributed by atoms with van der Waals surface area (Å²) >= 11 is 0. The van der Waals surface area contributed by atoms with Gasteiger partial charge in [-0.05, 0) is 44.9 Å². The quantitative estimate of drug-likeness (QED) is 0.600. The maximum absolute atomic E-state index is 13.4. The third kappa shape index (κ3) is 4.50. The van der Waals surface area contributed by atoms with Gasteiger partial charge in [0.15, 0.2) is 0 Å². The Balaban J connectivity index is 1.43. The zero-order valence-electron chi connectivity index (χ0n) is 17.7. The number of fused-ring (bicyclic) bond motifs is 1. The minimum absolute atomic E-state index is 0.100. The maximum Gasteiger partial charge on any atom is 0.434 e. The Hall–Kier alpha value is -2.47. The third-order valence-electron chi connectivity index (χ3n) is 6.82. The highest BCUT2D eigenvalue weighted by molar-refractivity contribution is 5.96. The summed E-state index contributed by atoms with van der Waals surface area (Å²) in [7, 11) is 0. The SMILES string of the molecule is O=C(OC(C(F)(F)F)C(F)(F)F)N1CCC2(CCCN2C(=O)c2cnn3c2CCCC3)CC1. The molecule has 0 aromatic carbocycles. The van der Waals surface area contributed by atoms with Crippen LogP contribution < -0.4 is 0 Å². The van der Waals surface area contributed by atoms with Crippen molar-refractivity contribution in [2.24, 2.45) is 0 Å². The van der Waals surface area contributed by atoms with Gasteiger partial charge in [0, 0.05) is 31.7 Å². The van der Waals surface area contributed by atoms with E-state index in [-0.39, 0.29) is 31.8 Å². The van der Waals surface area contributed by atoms with Crippen molar-refractivity contribution in [3.63, 3.8) is 0 Å². The first-order valence-electron chi connectivity index (χ1n) is 10.9. The van der Waals surface area contributed by atoms with Crippen molar-refractivity contribution in [1.82, 2.24) is 19.6 Å². The number of likely N-dealkylation sites (tertiary alicyclic amines) is 2. The summed E-state index contributed by atoms with van der Waals surface area (Å²) in [6.07, 6.45) is -11.2. The monoisotopic (exact) mass is 482 g/mol. The van der Waals surface area contributed by atoms with Crippen LogP contribution in [0.25, 0.3) is 0 Å². The highest BCUT2D eigenvalue weighted by Crippen LogP contribution is 2.41. The molecule has 0 radical (unpaired) electrons. The van der Waals surface area contributed by atoms with Gasteiger partial charge in [0.1, 0.15) is 0 Å². The van der Waals surface area contributed by atoms with E-state index >= 15 is 0 Å². The van der Waals surface area contributed by atoms with Crippen molar-refractivity contribution >= 4 is 12.0 Å². The summed E-state index contributed by atoms with van der Waals surface area (Å²) in [5, 5.41) is 4.30. The van der Waals surface area contributed by atoms with Crippen LogP contribution in [0.5, 0.6) is 0 Å². The summed E-state index contributed by atoms with van der Waals surface area (Å²) in [5.74, 6) is -0.166. The molecule has 0 atom stereocenters. The van der Waals surface area contributed by atoms with Gasteiger partial charge in [0.2, 0.25) is 0 Å². The van der Waals surface area contributed by atoms with Gasteiger partial charge in [0.05, 0.1) is 17.5 Å². The molecule has 1 aromatic heterocycles. The average molecular weight is 482 g/mol. The van der Waals surface area contributed by atoms with Crippen molar-refractivity contribution in [3.8, 4) is 0 Å². The number of hydrogen-bond donors (Lipinski definition) is 0. The second-order valence-corrected chi connectivity index (χ2v) is 8.80. The summed E-state index contributed by atoms with van der Waals surface area (Å²) in [6.45, 7) is 1.05. The molecule has 2 saturated heterocycles. The smallest absolute Gasteiger partial charge is 0.426 e. The Morgan fingerprint density at radius 1 is 0.939 bits per heavy atom. The number of carbonyl (C=O) groups excluding carboxylic acids is 2. The van der Waals surface area contributed by atoms with Crippen molar-refractivity contribution in [3.05, 3.63) is 17.5 Å². The topological polar surface area (TPSA) is 67.7 Å². The van der Waals surface area contributed by atoms with E-state index in [1.54, 1.807) is 11.1 Å². The van der Waals surface area contributed by atoms with E-state index in [1.807, 2.05) is 4.68 Å². The van der Waals surface area contributed by atoms with Crippen LogP contribution >= 0.6 is 0 Å². The number of nitrogens with zero attached hydrogens (tertiary/aromatic N) is 4. The van der Waals surface area contributed by atoms with E-state index in [4.69, 9.17) is 0 Å². The van der Waals surface area contributed by atoms with Crippen LogP contribution in [-0.2, 0) is 17.7 Å². The van der Waals surface area contributed by atoms with Gasteiger partial charge in [-0.1, -0.05) is 0 Å². The maximum atomic E-state index is 13.4. The molecule has 2 fully saturated rings. The number of aromatic nitrogens is 2. The van der Waals surface area contributed by atoms with Gasteiger partial charge in [0.25, 0.3) is 12.0 Å². The predicted molar refractivity (Wildman–Crippen MR) is 101 cm³/mol. The van der Waals surface area contributed by atoms with Gasteiger partial charge in [-0.25, -0.2) is 4.79 Å². The van der Waals surface area contributed by atoms with E-state index in [9.17, 15) is 35.9 Å². The van der Waals surface area contributed by atoms with Gasteiger partial charge in [-0.15, -0.1) is 0 Å². The molecule has 33 heavy (non-hydrogen) atoms. The Kier molecular flexibility index (Phi) is 6.02. The Morgan fingerprint density at radius 3 is 2.24 bits per heavy atom. The number of carbonyl (C=O) groups is 2. The average Bonchev–Trinajstić information content (AvgIpc) is 3.35. The van der Waals surface area contributed by atoms with Gasteiger partial charge in [-0.2, -0.15) is 31.4 Å². The standard InChI is InChI=1S/C20H24F6N4O3/c21-19(22,23)16(20(24,25)26)33-17(32)28-10-6-18(7-11-28)5-3-8-29(18)15(31)13-12-27-30-9-2-1-4-14(13)30/h12,16H,1-11H2. The minimum Gasteiger partial charge on any atom is -0.426 e. The van der Waals surface area contributed by atoms with E-state index < -0.39 is 30.1 Å². The van der Waals surface area contributed by atoms with Crippen LogP contribution in [0.1, 0.15) is 54.6 Å². The molecule has 184 valence electrons.